The average molecular weight is 402 g/mol. The molecule has 2 amide bonds. The molecule has 0 aliphatic rings. The van der Waals surface area contributed by atoms with Crippen molar-refractivity contribution in [2.24, 2.45) is 5.73 Å². The van der Waals surface area contributed by atoms with Crippen molar-refractivity contribution >= 4 is 28.3 Å². The highest BCUT2D eigenvalue weighted by atomic mass is 32.1. The van der Waals surface area contributed by atoms with Gasteiger partial charge in [0, 0.05) is 17.1 Å². The number of carbonyl (C=O) groups is 2. The lowest BCUT2D eigenvalue weighted by Crippen LogP contribution is -2.14. The smallest absolute Gasteiger partial charge is 0.265 e. The molecule has 0 aliphatic carbocycles. The van der Waals surface area contributed by atoms with E-state index in [0.29, 0.717) is 16.5 Å². The Bertz CT molecular complexity index is 1150. The van der Waals surface area contributed by atoms with Gasteiger partial charge in [-0.3, -0.25) is 9.59 Å². The van der Waals surface area contributed by atoms with Crippen LogP contribution in [0.2, 0.25) is 0 Å². The summed E-state index contributed by atoms with van der Waals surface area (Å²) in [5.41, 5.74) is 10.2. The normalized spacial score (nSPS) is 10.6. The lowest BCUT2D eigenvalue weighted by atomic mass is 10.0. The average Bonchev–Trinajstić information content (AvgIpc) is 3.39. The van der Waals surface area contributed by atoms with E-state index in [9.17, 15) is 9.59 Å². The van der Waals surface area contributed by atoms with Crippen LogP contribution in [-0.2, 0) is 11.2 Å². The molecule has 0 aliphatic heterocycles. The van der Waals surface area contributed by atoms with Gasteiger partial charge in [-0.05, 0) is 22.8 Å². The van der Waals surface area contributed by atoms with Crippen molar-refractivity contribution < 1.29 is 9.59 Å². The SMILES string of the molecule is NC(=O)c1cc(-c2csc(NC(=O)Cc3ccc(-c4ccccc4)cc3)n2)c[nH]1. The minimum Gasteiger partial charge on any atom is -0.364 e. The molecule has 6 nitrogen and oxygen atoms in total. The summed E-state index contributed by atoms with van der Waals surface area (Å²) in [5.74, 6) is -0.663. The van der Waals surface area contributed by atoms with Crippen molar-refractivity contribution in [2.75, 3.05) is 5.32 Å². The maximum absolute atomic E-state index is 12.4. The first-order chi connectivity index (χ1) is 14.1. The van der Waals surface area contributed by atoms with Crippen LogP contribution in [0, 0.1) is 0 Å². The molecule has 0 saturated carbocycles. The zero-order chi connectivity index (χ0) is 20.2. The minimum absolute atomic E-state index is 0.134. The van der Waals surface area contributed by atoms with Crippen LogP contribution in [0.25, 0.3) is 22.4 Å². The fourth-order valence-corrected chi connectivity index (χ4v) is 3.68. The summed E-state index contributed by atoms with van der Waals surface area (Å²) < 4.78 is 0. The van der Waals surface area contributed by atoms with Crippen LogP contribution in [0.3, 0.4) is 0 Å². The summed E-state index contributed by atoms with van der Waals surface area (Å²) in [4.78, 5) is 30.8. The van der Waals surface area contributed by atoms with E-state index in [4.69, 9.17) is 5.73 Å². The van der Waals surface area contributed by atoms with E-state index in [2.05, 4.69) is 27.4 Å². The molecule has 2 aromatic carbocycles. The summed E-state index contributed by atoms with van der Waals surface area (Å²) in [6, 6.07) is 19.7. The topological polar surface area (TPSA) is 101 Å². The zero-order valence-corrected chi connectivity index (χ0v) is 16.2. The number of benzene rings is 2. The summed E-state index contributed by atoms with van der Waals surface area (Å²) in [6.07, 6.45) is 1.93. The molecule has 0 unspecified atom stereocenters. The number of anilines is 1. The quantitative estimate of drug-likeness (QED) is 0.453. The molecule has 4 rings (SSSR count). The van der Waals surface area contributed by atoms with Crippen LogP contribution >= 0.6 is 11.3 Å². The Hall–Kier alpha value is -3.71. The Morgan fingerprint density at radius 2 is 1.72 bits per heavy atom. The lowest BCUT2D eigenvalue weighted by molar-refractivity contribution is -0.115. The predicted octanol–water partition coefficient (Wildman–Crippen LogP) is 4.09. The fraction of sp³-hybridized carbons (Fsp3) is 0.0455. The van der Waals surface area contributed by atoms with Gasteiger partial charge in [0.15, 0.2) is 5.13 Å². The highest BCUT2D eigenvalue weighted by molar-refractivity contribution is 7.14. The van der Waals surface area contributed by atoms with Crippen LogP contribution in [0.15, 0.2) is 72.2 Å². The first kappa shape index (κ1) is 18.6. The van der Waals surface area contributed by atoms with Crippen molar-refractivity contribution in [3.8, 4) is 22.4 Å². The van der Waals surface area contributed by atoms with Gasteiger partial charge < -0.3 is 16.0 Å². The summed E-state index contributed by atoms with van der Waals surface area (Å²) in [6.45, 7) is 0. The molecular formula is C22H18N4O2S. The van der Waals surface area contributed by atoms with Crippen LogP contribution in [0.5, 0.6) is 0 Å². The van der Waals surface area contributed by atoms with Crippen molar-refractivity contribution in [2.45, 2.75) is 6.42 Å². The molecule has 4 N–H and O–H groups in total. The molecule has 0 atom stereocenters. The Kier molecular flexibility index (Phi) is 5.22. The Morgan fingerprint density at radius 3 is 2.41 bits per heavy atom. The third-order valence-corrected chi connectivity index (χ3v) is 5.18. The molecule has 0 bridgehead atoms. The van der Waals surface area contributed by atoms with Crippen LogP contribution < -0.4 is 11.1 Å². The van der Waals surface area contributed by atoms with Gasteiger partial charge >= 0.3 is 0 Å². The van der Waals surface area contributed by atoms with Gasteiger partial charge in [-0.15, -0.1) is 11.3 Å². The molecule has 2 aromatic heterocycles. The number of carbonyl (C=O) groups excluding carboxylic acids is 2. The lowest BCUT2D eigenvalue weighted by Gasteiger charge is -2.05. The molecule has 0 fully saturated rings. The fourth-order valence-electron chi connectivity index (χ4n) is 2.94. The van der Waals surface area contributed by atoms with E-state index in [-0.39, 0.29) is 12.3 Å². The van der Waals surface area contributed by atoms with Gasteiger partial charge in [-0.1, -0.05) is 54.6 Å². The third kappa shape index (κ3) is 4.41. The standard InChI is InChI=1S/C22H18N4O2S/c23-21(28)18-11-17(12-24-18)19-13-29-22(25-19)26-20(27)10-14-6-8-16(9-7-14)15-4-2-1-3-5-15/h1-9,11-13,24H,10H2,(H2,23,28)(H,25,26,27). The summed E-state index contributed by atoms with van der Waals surface area (Å²) in [7, 11) is 0. The number of nitrogens with zero attached hydrogens (tertiary/aromatic N) is 1. The van der Waals surface area contributed by atoms with Gasteiger partial charge in [-0.2, -0.15) is 0 Å². The second-order valence-electron chi connectivity index (χ2n) is 6.49. The number of aromatic amines is 1. The Morgan fingerprint density at radius 1 is 1.00 bits per heavy atom. The number of nitrogens with one attached hydrogen (secondary N) is 2. The molecule has 0 saturated heterocycles. The second kappa shape index (κ2) is 8.12. The van der Waals surface area contributed by atoms with Crippen LogP contribution in [-0.4, -0.2) is 21.8 Å². The first-order valence-electron chi connectivity index (χ1n) is 8.97. The van der Waals surface area contributed by atoms with Crippen LogP contribution in [0.1, 0.15) is 16.1 Å². The number of H-pyrrole nitrogens is 1. The zero-order valence-electron chi connectivity index (χ0n) is 15.4. The number of amides is 2. The molecule has 0 radical (unpaired) electrons. The summed E-state index contributed by atoms with van der Waals surface area (Å²) in [5, 5.41) is 5.15. The van der Waals surface area contributed by atoms with Gasteiger partial charge in [0.05, 0.1) is 12.1 Å². The van der Waals surface area contributed by atoms with Crippen molar-refractivity contribution in [1.29, 1.82) is 0 Å². The molecular weight excluding hydrogens is 384 g/mol. The first-order valence-corrected chi connectivity index (χ1v) is 9.85. The number of hydrogen-bond donors (Lipinski definition) is 3. The second-order valence-corrected chi connectivity index (χ2v) is 7.35. The molecule has 144 valence electrons. The third-order valence-electron chi connectivity index (χ3n) is 4.42. The molecule has 0 spiro atoms. The molecule has 2 heterocycles. The van der Waals surface area contributed by atoms with E-state index in [1.54, 1.807) is 12.3 Å². The Labute approximate surface area is 171 Å². The number of thiazole rings is 1. The van der Waals surface area contributed by atoms with Crippen molar-refractivity contribution in [1.82, 2.24) is 9.97 Å². The monoisotopic (exact) mass is 402 g/mol. The maximum atomic E-state index is 12.4. The minimum atomic E-state index is -0.529. The van der Waals surface area contributed by atoms with Crippen LogP contribution in [0.4, 0.5) is 5.13 Å². The number of primary amides is 1. The van der Waals surface area contributed by atoms with Crippen molar-refractivity contribution in [3.05, 3.63) is 83.5 Å². The van der Waals surface area contributed by atoms with E-state index < -0.39 is 5.91 Å². The molecule has 4 aromatic rings. The van der Waals surface area contributed by atoms with E-state index in [1.807, 2.05) is 47.8 Å². The molecule has 29 heavy (non-hydrogen) atoms. The highest BCUT2D eigenvalue weighted by Gasteiger charge is 2.11. The van der Waals surface area contributed by atoms with Gasteiger partial charge in [-0.25, -0.2) is 4.98 Å². The van der Waals surface area contributed by atoms with E-state index >= 15 is 0 Å². The predicted molar refractivity (Wildman–Crippen MR) is 115 cm³/mol. The maximum Gasteiger partial charge on any atom is 0.265 e. The molecule has 7 heteroatoms. The van der Waals surface area contributed by atoms with Gasteiger partial charge in [0.2, 0.25) is 5.91 Å². The number of rotatable bonds is 6. The van der Waals surface area contributed by atoms with E-state index in [0.717, 1.165) is 22.3 Å². The number of nitrogens with two attached hydrogens (primary N) is 1. The Balaban J connectivity index is 1.38. The van der Waals surface area contributed by atoms with Crippen molar-refractivity contribution in [3.63, 3.8) is 0 Å². The number of aromatic nitrogens is 2. The largest absolute Gasteiger partial charge is 0.364 e. The van der Waals surface area contributed by atoms with E-state index in [1.165, 1.54) is 11.3 Å². The van der Waals surface area contributed by atoms with Gasteiger partial charge in [0.1, 0.15) is 5.69 Å². The number of hydrogen-bond acceptors (Lipinski definition) is 4. The van der Waals surface area contributed by atoms with Gasteiger partial charge in [0.25, 0.3) is 5.91 Å². The summed E-state index contributed by atoms with van der Waals surface area (Å²) >= 11 is 1.33. The highest BCUT2D eigenvalue weighted by Crippen LogP contribution is 2.26.